The zero-order chi connectivity index (χ0) is 16.2. The molecule has 2 aromatic carbocycles. The Morgan fingerprint density at radius 1 is 1.35 bits per heavy atom. The largest absolute Gasteiger partial charge is 0.467 e. The lowest BCUT2D eigenvalue weighted by molar-refractivity contribution is 0.0495. The monoisotopic (exact) mass is 348 g/mol. The van der Waals surface area contributed by atoms with Gasteiger partial charge in [0.25, 0.3) is 0 Å². The molecule has 23 heavy (non-hydrogen) atoms. The van der Waals surface area contributed by atoms with Gasteiger partial charge in [0.1, 0.15) is 11.6 Å². The number of hydrogen-bond acceptors (Lipinski definition) is 2. The van der Waals surface area contributed by atoms with Crippen molar-refractivity contribution in [2.75, 3.05) is 4.90 Å². The first kappa shape index (κ1) is 14.7. The van der Waals surface area contributed by atoms with Crippen molar-refractivity contribution in [1.82, 2.24) is 5.32 Å². The summed E-state index contributed by atoms with van der Waals surface area (Å²) in [4.78, 5) is 1.93. The second-order valence-electron chi connectivity index (χ2n) is 5.98. The molecular formula is C17H14ClFN2OS. The second-order valence-corrected chi connectivity index (χ2v) is 6.80. The van der Waals surface area contributed by atoms with Gasteiger partial charge in [-0.1, -0.05) is 17.7 Å². The van der Waals surface area contributed by atoms with Gasteiger partial charge in [0, 0.05) is 22.7 Å². The van der Waals surface area contributed by atoms with Crippen LogP contribution in [0.25, 0.3) is 0 Å². The first-order chi connectivity index (χ1) is 11.0. The lowest BCUT2D eigenvalue weighted by Gasteiger charge is -2.52. The summed E-state index contributed by atoms with van der Waals surface area (Å²) in [5.74, 6) is 0.396. The number of hydrogen-bond donors (Lipinski definition) is 1. The summed E-state index contributed by atoms with van der Waals surface area (Å²) in [6.45, 7) is 1.99. The molecule has 0 saturated carbocycles. The fraction of sp³-hybridized carbons (Fsp3) is 0.235. The van der Waals surface area contributed by atoms with Crippen LogP contribution in [-0.4, -0.2) is 10.8 Å². The molecule has 0 spiro atoms. The quantitative estimate of drug-likeness (QED) is 0.771. The number of nitrogens with zero attached hydrogens (tertiary/aromatic N) is 1. The van der Waals surface area contributed by atoms with Crippen molar-refractivity contribution in [3.63, 3.8) is 0 Å². The molecule has 0 aliphatic carbocycles. The van der Waals surface area contributed by atoms with E-state index < -0.39 is 5.72 Å². The Bertz CT molecular complexity index is 815. The van der Waals surface area contributed by atoms with Crippen LogP contribution in [0, 0.1) is 5.82 Å². The second kappa shape index (κ2) is 5.08. The minimum atomic E-state index is -0.650. The van der Waals surface area contributed by atoms with Gasteiger partial charge in [-0.05, 0) is 55.5 Å². The Kier molecular flexibility index (Phi) is 3.25. The van der Waals surface area contributed by atoms with Gasteiger partial charge in [-0.25, -0.2) is 4.39 Å². The minimum Gasteiger partial charge on any atom is -0.467 e. The van der Waals surface area contributed by atoms with Crippen LogP contribution < -0.4 is 15.0 Å². The molecule has 4 rings (SSSR count). The Labute approximate surface area is 144 Å². The normalized spacial score (nSPS) is 25.4. The van der Waals surface area contributed by atoms with Crippen LogP contribution in [0.15, 0.2) is 42.5 Å². The number of nitrogens with one attached hydrogen (secondary N) is 1. The summed E-state index contributed by atoms with van der Waals surface area (Å²) in [6.07, 6.45) is 0.649. The average Bonchev–Trinajstić information content (AvgIpc) is 2.47. The van der Waals surface area contributed by atoms with Crippen LogP contribution >= 0.6 is 23.8 Å². The highest BCUT2D eigenvalue weighted by molar-refractivity contribution is 7.80. The van der Waals surface area contributed by atoms with Crippen LogP contribution in [-0.2, 0) is 0 Å². The zero-order valence-electron chi connectivity index (χ0n) is 12.3. The molecule has 2 unspecified atom stereocenters. The summed E-state index contributed by atoms with van der Waals surface area (Å²) in [5, 5.41) is 4.47. The van der Waals surface area contributed by atoms with Crippen LogP contribution in [0.5, 0.6) is 5.75 Å². The van der Waals surface area contributed by atoms with E-state index in [4.69, 9.17) is 28.6 Å². The lowest BCUT2D eigenvalue weighted by Crippen LogP contribution is -2.65. The van der Waals surface area contributed by atoms with E-state index in [1.165, 1.54) is 12.1 Å². The third-order valence-electron chi connectivity index (χ3n) is 4.30. The Morgan fingerprint density at radius 3 is 2.96 bits per heavy atom. The maximum Gasteiger partial charge on any atom is 0.188 e. The number of benzene rings is 2. The van der Waals surface area contributed by atoms with Crippen molar-refractivity contribution < 1.29 is 9.13 Å². The van der Waals surface area contributed by atoms with Gasteiger partial charge >= 0.3 is 0 Å². The van der Waals surface area contributed by atoms with Crippen LogP contribution in [0.2, 0.25) is 5.02 Å². The highest BCUT2D eigenvalue weighted by Gasteiger charge is 2.48. The van der Waals surface area contributed by atoms with Crippen molar-refractivity contribution in [3.8, 4) is 5.75 Å². The number of halogens is 2. The van der Waals surface area contributed by atoms with Gasteiger partial charge in [0.15, 0.2) is 10.8 Å². The molecule has 2 atom stereocenters. The molecular weight excluding hydrogens is 335 g/mol. The molecule has 2 bridgehead atoms. The molecule has 1 saturated heterocycles. The van der Waals surface area contributed by atoms with E-state index in [2.05, 4.69) is 5.32 Å². The molecule has 3 nitrogen and oxygen atoms in total. The summed E-state index contributed by atoms with van der Waals surface area (Å²) in [7, 11) is 0. The van der Waals surface area contributed by atoms with Gasteiger partial charge in [-0.15, -0.1) is 0 Å². The summed E-state index contributed by atoms with van der Waals surface area (Å²) in [6, 6.07) is 12.0. The third kappa shape index (κ3) is 2.35. The topological polar surface area (TPSA) is 24.5 Å². The van der Waals surface area contributed by atoms with E-state index in [0.717, 1.165) is 11.3 Å². The molecule has 1 N–H and O–H groups in total. The zero-order valence-corrected chi connectivity index (χ0v) is 13.9. The average molecular weight is 349 g/mol. The summed E-state index contributed by atoms with van der Waals surface area (Å²) < 4.78 is 19.8. The molecule has 0 radical (unpaired) electrons. The van der Waals surface area contributed by atoms with Crippen LogP contribution in [0.1, 0.15) is 24.9 Å². The smallest absolute Gasteiger partial charge is 0.188 e. The van der Waals surface area contributed by atoms with Crippen molar-refractivity contribution in [1.29, 1.82) is 0 Å². The summed E-state index contributed by atoms with van der Waals surface area (Å²) in [5.41, 5.74) is 1.01. The Hall–Kier alpha value is -1.85. The van der Waals surface area contributed by atoms with E-state index in [9.17, 15) is 4.39 Å². The van der Waals surface area contributed by atoms with Gasteiger partial charge < -0.3 is 10.1 Å². The molecule has 1 fully saturated rings. The molecule has 6 heteroatoms. The van der Waals surface area contributed by atoms with Gasteiger partial charge in [-0.3, -0.25) is 4.90 Å². The first-order valence-electron chi connectivity index (χ1n) is 7.31. The van der Waals surface area contributed by atoms with E-state index in [1.54, 1.807) is 6.07 Å². The first-order valence-corrected chi connectivity index (χ1v) is 8.10. The molecule has 2 aliphatic rings. The van der Waals surface area contributed by atoms with Gasteiger partial charge in [-0.2, -0.15) is 0 Å². The number of ether oxygens (including phenoxy) is 1. The number of anilines is 1. The lowest BCUT2D eigenvalue weighted by atomic mass is 9.90. The highest BCUT2D eigenvalue weighted by Crippen LogP contribution is 2.45. The fourth-order valence-corrected chi connectivity index (χ4v) is 3.98. The molecule has 2 aromatic rings. The SMILES string of the molecule is CC12CC(NC(=S)N1c1cccc(Cl)c1)c1cc(F)ccc1O2. The molecule has 0 amide bonds. The molecule has 2 heterocycles. The molecule has 2 aliphatic heterocycles. The van der Waals surface area contributed by atoms with Gasteiger partial charge in [0.05, 0.1) is 6.04 Å². The molecule has 0 aromatic heterocycles. The predicted molar refractivity (Wildman–Crippen MR) is 92.5 cm³/mol. The number of thiocarbonyl (C=S) groups is 1. The van der Waals surface area contributed by atoms with Crippen molar-refractivity contribution in [2.45, 2.75) is 25.1 Å². The predicted octanol–water partition coefficient (Wildman–Crippen LogP) is 4.41. The fourth-order valence-electron chi connectivity index (χ4n) is 3.35. The van der Waals surface area contributed by atoms with E-state index in [0.29, 0.717) is 22.3 Å². The van der Waals surface area contributed by atoms with Crippen LogP contribution in [0.3, 0.4) is 0 Å². The number of fused-ring (bicyclic) bond motifs is 4. The van der Waals surface area contributed by atoms with Crippen molar-refractivity contribution >= 4 is 34.6 Å². The maximum absolute atomic E-state index is 13.6. The third-order valence-corrected chi connectivity index (χ3v) is 4.84. The van der Waals surface area contributed by atoms with Crippen LogP contribution in [0.4, 0.5) is 10.1 Å². The highest BCUT2D eigenvalue weighted by atomic mass is 35.5. The van der Waals surface area contributed by atoms with E-state index >= 15 is 0 Å². The van der Waals surface area contributed by atoms with Crippen molar-refractivity contribution in [3.05, 3.63) is 58.9 Å². The van der Waals surface area contributed by atoms with Gasteiger partial charge in [0.2, 0.25) is 0 Å². The van der Waals surface area contributed by atoms with E-state index in [1.807, 2.05) is 36.1 Å². The van der Waals surface area contributed by atoms with Crippen molar-refractivity contribution in [2.24, 2.45) is 0 Å². The molecule has 118 valence electrons. The number of rotatable bonds is 1. The standard InChI is InChI=1S/C17H14ClFN2OS/c1-17-9-14(13-8-11(19)5-6-15(13)22-17)20-16(23)21(17)12-4-2-3-10(18)7-12/h2-8,14H,9H2,1H3,(H,20,23). The Balaban J connectivity index is 1.81. The van der Waals surface area contributed by atoms with E-state index in [-0.39, 0.29) is 11.9 Å². The minimum absolute atomic E-state index is 0.0672. The Morgan fingerprint density at radius 2 is 2.17 bits per heavy atom. The maximum atomic E-state index is 13.6. The summed E-state index contributed by atoms with van der Waals surface area (Å²) >= 11 is 11.7.